The minimum Gasteiger partial charge on any atom is -0.489 e. The van der Waals surface area contributed by atoms with E-state index in [4.69, 9.17) is 16.3 Å². The van der Waals surface area contributed by atoms with Crippen LogP contribution in [0.5, 0.6) is 5.75 Å². The lowest BCUT2D eigenvalue weighted by Crippen LogP contribution is -2.09. The zero-order chi connectivity index (χ0) is 15.1. The molecule has 0 fully saturated rings. The van der Waals surface area contributed by atoms with Crippen molar-refractivity contribution < 1.29 is 4.74 Å². The van der Waals surface area contributed by atoms with Crippen LogP contribution in [0.15, 0.2) is 48.5 Å². The molecule has 2 aromatic carbocycles. The second-order valence-corrected chi connectivity index (χ2v) is 5.69. The molecule has 0 amide bonds. The van der Waals surface area contributed by atoms with Crippen molar-refractivity contribution in [3.8, 4) is 5.75 Å². The Labute approximate surface area is 132 Å². The van der Waals surface area contributed by atoms with Gasteiger partial charge < -0.3 is 10.1 Å². The number of aryl methyl sites for hydroxylation is 1. The Morgan fingerprint density at radius 3 is 2.52 bits per heavy atom. The normalized spacial score (nSPS) is 10.7. The van der Waals surface area contributed by atoms with Gasteiger partial charge in [0, 0.05) is 11.6 Å². The molecule has 0 bridgehead atoms. The molecule has 2 nitrogen and oxygen atoms in total. The Morgan fingerprint density at radius 2 is 1.76 bits per heavy atom. The first kappa shape index (κ1) is 15.7. The molecule has 21 heavy (non-hydrogen) atoms. The van der Waals surface area contributed by atoms with E-state index in [1.54, 1.807) is 0 Å². The molecule has 0 aliphatic heterocycles. The fourth-order valence-corrected chi connectivity index (χ4v) is 2.40. The van der Waals surface area contributed by atoms with Gasteiger partial charge in [-0.3, -0.25) is 0 Å². The second-order valence-electron chi connectivity index (χ2n) is 5.28. The molecular formula is C18H22ClNO. The standard InChI is InChI=1S/C18H22ClNO/c1-14(2)21-18-12-6-5-11-17(18)20-13-7-9-15-8-3-4-10-16(15)19/h3-6,8,10-12,14,20H,7,9,13H2,1-2H3. The first-order valence-electron chi connectivity index (χ1n) is 7.40. The van der Waals surface area contributed by atoms with E-state index in [0.29, 0.717) is 0 Å². The molecule has 0 heterocycles. The number of para-hydroxylation sites is 2. The summed E-state index contributed by atoms with van der Waals surface area (Å²) in [6.07, 6.45) is 2.18. The number of halogens is 1. The summed E-state index contributed by atoms with van der Waals surface area (Å²) in [6.45, 7) is 4.96. The van der Waals surface area contributed by atoms with E-state index in [1.807, 2.05) is 56.3 Å². The maximum Gasteiger partial charge on any atom is 0.142 e. The zero-order valence-corrected chi connectivity index (χ0v) is 13.4. The Hall–Kier alpha value is -1.67. The maximum absolute atomic E-state index is 6.16. The van der Waals surface area contributed by atoms with Crippen molar-refractivity contribution in [2.75, 3.05) is 11.9 Å². The minimum atomic E-state index is 0.177. The van der Waals surface area contributed by atoms with Crippen LogP contribution >= 0.6 is 11.6 Å². The highest BCUT2D eigenvalue weighted by atomic mass is 35.5. The molecule has 0 spiro atoms. The average Bonchev–Trinajstić information content (AvgIpc) is 2.46. The fraction of sp³-hybridized carbons (Fsp3) is 0.333. The highest BCUT2D eigenvalue weighted by Crippen LogP contribution is 2.25. The van der Waals surface area contributed by atoms with Gasteiger partial charge in [0.2, 0.25) is 0 Å². The van der Waals surface area contributed by atoms with E-state index < -0.39 is 0 Å². The van der Waals surface area contributed by atoms with Crippen molar-refractivity contribution in [3.05, 3.63) is 59.1 Å². The number of rotatable bonds is 7. The number of ether oxygens (including phenoxy) is 1. The van der Waals surface area contributed by atoms with Crippen molar-refractivity contribution in [2.45, 2.75) is 32.8 Å². The Morgan fingerprint density at radius 1 is 1.05 bits per heavy atom. The predicted octanol–water partition coefficient (Wildman–Crippen LogP) is 5.17. The summed E-state index contributed by atoms with van der Waals surface area (Å²) in [7, 11) is 0. The third-order valence-corrected chi connectivity index (χ3v) is 3.51. The fourth-order valence-electron chi connectivity index (χ4n) is 2.17. The number of hydrogen-bond acceptors (Lipinski definition) is 2. The van der Waals surface area contributed by atoms with Gasteiger partial charge in [0.15, 0.2) is 0 Å². The van der Waals surface area contributed by atoms with Crippen LogP contribution in [0.1, 0.15) is 25.8 Å². The molecule has 0 radical (unpaired) electrons. The molecule has 2 rings (SSSR count). The van der Waals surface area contributed by atoms with E-state index in [0.717, 1.165) is 35.8 Å². The van der Waals surface area contributed by atoms with Crippen molar-refractivity contribution in [3.63, 3.8) is 0 Å². The lowest BCUT2D eigenvalue weighted by molar-refractivity contribution is 0.243. The molecule has 0 saturated carbocycles. The SMILES string of the molecule is CC(C)Oc1ccccc1NCCCc1ccccc1Cl. The van der Waals surface area contributed by atoms with Gasteiger partial charge in [-0.2, -0.15) is 0 Å². The van der Waals surface area contributed by atoms with Gasteiger partial charge in [0.25, 0.3) is 0 Å². The van der Waals surface area contributed by atoms with Gasteiger partial charge in [-0.1, -0.05) is 41.9 Å². The monoisotopic (exact) mass is 303 g/mol. The highest BCUT2D eigenvalue weighted by molar-refractivity contribution is 6.31. The third kappa shape index (κ3) is 4.98. The topological polar surface area (TPSA) is 21.3 Å². The van der Waals surface area contributed by atoms with Gasteiger partial charge in [0.05, 0.1) is 11.8 Å². The van der Waals surface area contributed by atoms with Gasteiger partial charge in [-0.05, 0) is 50.5 Å². The molecule has 3 heteroatoms. The minimum absolute atomic E-state index is 0.177. The maximum atomic E-state index is 6.16. The van der Waals surface area contributed by atoms with Crippen LogP contribution in [0.2, 0.25) is 5.02 Å². The summed E-state index contributed by atoms with van der Waals surface area (Å²) >= 11 is 6.16. The first-order valence-corrected chi connectivity index (χ1v) is 7.77. The molecule has 0 saturated heterocycles. The molecule has 2 aromatic rings. The smallest absolute Gasteiger partial charge is 0.142 e. The van der Waals surface area contributed by atoms with E-state index in [2.05, 4.69) is 11.4 Å². The van der Waals surface area contributed by atoms with Crippen molar-refractivity contribution in [1.29, 1.82) is 0 Å². The Bertz CT molecular complexity index is 569. The van der Waals surface area contributed by atoms with E-state index >= 15 is 0 Å². The van der Waals surface area contributed by atoms with Crippen molar-refractivity contribution in [2.24, 2.45) is 0 Å². The van der Waals surface area contributed by atoms with Crippen molar-refractivity contribution in [1.82, 2.24) is 0 Å². The van der Waals surface area contributed by atoms with Crippen molar-refractivity contribution >= 4 is 17.3 Å². The lowest BCUT2D eigenvalue weighted by Gasteiger charge is -2.15. The summed E-state index contributed by atoms with van der Waals surface area (Å²) in [5, 5.41) is 4.29. The molecule has 0 atom stereocenters. The van der Waals surface area contributed by atoms with Gasteiger partial charge in [-0.15, -0.1) is 0 Å². The van der Waals surface area contributed by atoms with Crippen LogP contribution in [-0.2, 0) is 6.42 Å². The van der Waals surface area contributed by atoms with Crippen LogP contribution in [0, 0.1) is 0 Å². The predicted molar refractivity (Wildman–Crippen MR) is 90.5 cm³/mol. The zero-order valence-electron chi connectivity index (χ0n) is 12.6. The number of benzene rings is 2. The summed E-state index contributed by atoms with van der Waals surface area (Å²) in [5.41, 5.74) is 2.25. The molecule has 112 valence electrons. The number of nitrogens with one attached hydrogen (secondary N) is 1. The van der Waals surface area contributed by atoms with Gasteiger partial charge >= 0.3 is 0 Å². The van der Waals surface area contributed by atoms with Crippen LogP contribution in [0.25, 0.3) is 0 Å². The Balaban J connectivity index is 1.85. The lowest BCUT2D eigenvalue weighted by atomic mass is 10.1. The van der Waals surface area contributed by atoms with E-state index in [-0.39, 0.29) is 6.10 Å². The van der Waals surface area contributed by atoms with Gasteiger partial charge in [0.1, 0.15) is 5.75 Å². The summed E-state index contributed by atoms with van der Waals surface area (Å²) in [4.78, 5) is 0. The number of anilines is 1. The average molecular weight is 304 g/mol. The Kier molecular flexibility index (Phi) is 5.94. The van der Waals surface area contributed by atoms with Crippen LogP contribution < -0.4 is 10.1 Å². The van der Waals surface area contributed by atoms with Crippen LogP contribution in [0.4, 0.5) is 5.69 Å². The quantitative estimate of drug-likeness (QED) is 0.712. The molecule has 0 aliphatic rings. The highest BCUT2D eigenvalue weighted by Gasteiger charge is 2.04. The summed E-state index contributed by atoms with van der Waals surface area (Å²) in [6, 6.07) is 16.1. The molecule has 0 unspecified atom stereocenters. The largest absolute Gasteiger partial charge is 0.489 e. The molecule has 0 aromatic heterocycles. The van der Waals surface area contributed by atoms with E-state index in [9.17, 15) is 0 Å². The molecular weight excluding hydrogens is 282 g/mol. The van der Waals surface area contributed by atoms with Crippen LogP contribution in [-0.4, -0.2) is 12.6 Å². The summed E-state index contributed by atoms with van der Waals surface area (Å²) in [5.74, 6) is 0.908. The third-order valence-electron chi connectivity index (χ3n) is 3.15. The second kappa shape index (κ2) is 7.94. The number of hydrogen-bond donors (Lipinski definition) is 1. The van der Waals surface area contributed by atoms with E-state index in [1.165, 1.54) is 5.56 Å². The summed E-state index contributed by atoms with van der Waals surface area (Å²) < 4.78 is 5.80. The van der Waals surface area contributed by atoms with Gasteiger partial charge in [-0.25, -0.2) is 0 Å². The first-order chi connectivity index (χ1) is 10.2. The van der Waals surface area contributed by atoms with Crippen LogP contribution in [0.3, 0.4) is 0 Å². The molecule has 0 aliphatic carbocycles. The molecule has 1 N–H and O–H groups in total.